The smallest absolute Gasteiger partial charge is 0.336 e. The third-order valence-electron chi connectivity index (χ3n) is 2.97. The number of carboxylic acid groups (broad SMARTS) is 1. The fourth-order valence-electron chi connectivity index (χ4n) is 2.00. The lowest BCUT2D eigenvalue weighted by Gasteiger charge is -2.05. The largest absolute Gasteiger partial charge is 0.478 e. The molecule has 0 atom stereocenters. The number of pyridine rings is 1. The Morgan fingerprint density at radius 3 is 2.52 bits per heavy atom. The van der Waals surface area contributed by atoms with Gasteiger partial charge in [-0.25, -0.2) is 14.2 Å². The summed E-state index contributed by atoms with van der Waals surface area (Å²) in [6.45, 7) is 0. The van der Waals surface area contributed by atoms with Crippen LogP contribution in [0.4, 0.5) is 4.39 Å². The number of rotatable bonds is 3. The van der Waals surface area contributed by atoms with Crippen molar-refractivity contribution < 1.29 is 14.3 Å². The van der Waals surface area contributed by atoms with E-state index in [0.717, 1.165) is 9.92 Å². The van der Waals surface area contributed by atoms with Gasteiger partial charge in [0.1, 0.15) is 10.8 Å². The first-order valence-corrected chi connectivity index (χ1v) is 7.01. The Morgan fingerprint density at radius 2 is 1.81 bits per heavy atom. The second-order valence-electron chi connectivity index (χ2n) is 4.38. The van der Waals surface area contributed by atoms with E-state index in [1.807, 2.05) is 0 Å². The lowest BCUT2D eigenvalue weighted by atomic mass is 10.1. The van der Waals surface area contributed by atoms with Gasteiger partial charge in [-0.05, 0) is 48.5 Å². The van der Waals surface area contributed by atoms with Crippen LogP contribution in [0.1, 0.15) is 10.4 Å². The van der Waals surface area contributed by atoms with E-state index in [-0.39, 0.29) is 11.4 Å². The van der Waals surface area contributed by atoms with E-state index in [1.54, 1.807) is 42.5 Å². The molecule has 3 aromatic rings. The molecule has 0 aliphatic heterocycles. The van der Waals surface area contributed by atoms with Crippen LogP contribution >= 0.6 is 11.8 Å². The molecule has 1 heterocycles. The van der Waals surface area contributed by atoms with Crippen molar-refractivity contribution in [3.05, 3.63) is 66.0 Å². The maximum atomic E-state index is 12.9. The number of carboxylic acids is 1. The van der Waals surface area contributed by atoms with Gasteiger partial charge in [0.2, 0.25) is 0 Å². The monoisotopic (exact) mass is 299 g/mol. The highest BCUT2D eigenvalue weighted by Crippen LogP contribution is 2.28. The van der Waals surface area contributed by atoms with E-state index < -0.39 is 5.97 Å². The number of hydrogen-bond donors (Lipinski definition) is 1. The van der Waals surface area contributed by atoms with Gasteiger partial charge in [-0.3, -0.25) is 0 Å². The van der Waals surface area contributed by atoms with Crippen LogP contribution < -0.4 is 0 Å². The van der Waals surface area contributed by atoms with Gasteiger partial charge in [-0.1, -0.05) is 17.8 Å². The summed E-state index contributed by atoms with van der Waals surface area (Å²) in [5.74, 6) is -1.25. The Morgan fingerprint density at radius 1 is 1.05 bits per heavy atom. The van der Waals surface area contributed by atoms with Gasteiger partial charge < -0.3 is 5.11 Å². The van der Waals surface area contributed by atoms with E-state index in [0.29, 0.717) is 10.9 Å². The fourth-order valence-corrected chi connectivity index (χ4v) is 2.80. The van der Waals surface area contributed by atoms with E-state index in [4.69, 9.17) is 5.11 Å². The number of hydrogen-bond acceptors (Lipinski definition) is 3. The van der Waals surface area contributed by atoms with Crippen molar-refractivity contribution in [2.45, 2.75) is 9.92 Å². The number of aromatic nitrogens is 1. The third-order valence-corrected chi connectivity index (χ3v) is 3.92. The summed E-state index contributed by atoms with van der Waals surface area (Å²) in [7, 11) is 0. The van der Waals surface area contributed by atoms with Crippen molar-refractivity contribution in [3.63, 3.8) is 0 Å². The van der Waals surface area contributed by atoms with Crippen LogP contribution in [0.5, 0.6) is 0 Å². The van der Waals surface area contributed by atoms with E-state index >= 15 is 0 Å². The first-order valence-electron chi connectivity index (χ1n) is 6.20. The summed E-state index contributed by atoms with van der Waals surface area (Å²) in [4.78, 5) is 16.5. The SMILES string of the molecule is O=C(O)c1cccc2nc(Sc3ccc(F)cc3)ccc12. The van der Waals surface area contributed by atoms with Crippen molar-refractivity contribution in [2.24, 2.45) is 0 Å². The average molecular weight is 299 g/mol. The van der Waals surface area contributed by atoms with Crippen molar-refractivity contribution >= 4 is 28.6 Å². The standard InChI is InChI=1S/C16H10FNO2S/c17-10-4-6-11(7-5-10)21-15-9-8-12-13(16(19)20)2-1-3-14(12)18-15/h1-9H,(H,19,20). The minimum atomic E-state index is -0.971. The molecular weight excluding hydrogens is 289 g/mol. The number of carbonyl (C=O) groups is 1. The molecule has 0 unspecified atom stereocenters. The minimum absolute atomic E-state index is 0.235. The summed E-state index contributed by atoms with van der Waals surface area (Å²) in [5.41, 5.74) is 0.861. The van der Waals surface area contributed by atoms with Gasteiger partial charge in [0.25, 0.3) is 0 Å². The molecule has 1 aromatic heterocycles. The Kier molecular flexibility index (Phi) is 3.58. The van der Waals surface area contributed by atoms with Crippen LogP contribution in [0.25, 0.3) is 10.9 Å². The molecule has 1 N–H and O–H groups in total. The Hall–Kier alpha value is -2.40. The average Bonchev–Trinajstić information content (AvgIpc) is 2.48. The molecule has 0 spiro atoms. The predicted octanol–water partition coefficient (Wildman–Crippen LogP) is 4.22. The molecule has 104 valence electrons. The lowest BCUT2D eigenvalue weighted by molar-refractivity contribution is 0.0699. The lowest BCUT2D eigenvalue weighted by Crippen LogP contribution is -1.97. The van der Waals surface area contributed by atoms with Crippen molar-refractivity contribution in [1.29, 1.82) is 0 Å². The van der Waals surface area contributed by atoms with Crippen molar-refractivity contribution in [1.82, 2.24) is 4.98 Å². The van der Waals surface area contributed by atoms with Gasteiger partial charge in [0.15, 0.2) is 0 Å². The number of aromatic carboxylic acids is 1. The number of benzene rings is 2. The zero-order valence-corrected chi connectivity index (χ0v) is 11.6. The van der Waals surface area contributed by atoms with Gasteiger partial charge >= 0.3 is 5.97 Å². The molecule has 0 aliphatic rings. The van der Waals surface area contributed by atoms with Crippen LogP contribution in [0.2, 0.25) is 0 Å². The van der Waals surface area contributed by atoms with Crippen LogP contribution in [0, 0.1) is 5.82 Å². The van der Waals surface area contributed by atoms with Crippen LogP contribution in [0.3, 0.4) is 0 Å². The highest BCUT2D eigenvalue weighted by Gasteiger charge is 2.09. The molecule has 0 aliphatic carbocycles. The first kappa shape index (κ1) is 13.6. The van der Waals surface area contributed by atoms with E-state index in [9.17, 15) is 9.18 Å². The predicted molar refractivity (Wildman–Crippen MR) is 79.2 cm³/mol. The molecule has 0 fully saturated rings. The molecule has 0 radical (unpaired) electrons. The fraction of sp³-hybridized carbons (Fsp3) is 0. The molecule has 3 rings (SSSR count). The topological polar surface area (TPSA) is 50.2 Å². The van der Waals surface area contributed by atoms with Gasteiger partial charge in [-0.15, -0.1) is 0 Å². The molecule has 0 amide bonds. The second-order valence-corrected chi connectivity index (χ2v) is 5.48. The quantitative estimate of drug-likeness (QED) is 0.786. The Balaban J connectivity index is 1.98. The number of fused-ring (bicyclic) bond motifs is 1. The maximum Gasteiger partial charge on any atom is 0.336 e. The van der Waals surface area contributed by atoms with Crippen LogP contribution in [0.15, 0.2) is 64.5 Å². The highest BCUT2D eigenvalue weighted by atomic mass is 32.2. The van der Waals surface area contributed by atoms with Crippen molar-refractivity contribution in [2.75, 3.05) is 0 Å². The second kappa shape index (κ2) is 5.54. The highest BCUT2D eigenvalue weighted by molar-refractivity contribution is 7.99. The van der Waals surface area contributed by atoms with Crippen molar-refractivity contribution in [3.8, 4) is 0 Å². The van der Waals surface area contributed by atoms with Gasteiger partial charge in [0, 0.05) is 10.3 Å². The zero-order chi connectivity index (χ0) is 14.8. The zero-order valence-electron chi connectivity index (χ0n) is 10.8. The van der Waals surface area contributed by atoms with E-state index in [2.05, 4.69) is 4.98 Å². The molecule has 21 heavy (non-hydrogen) atoms. The molecule has 3 nitrogen and oxygen atoms in total. The minimum Gasteiger partial charge on any atom is -0.478 e. The molecule has 5 heteroatoms. The third kappa shape index (κ3) is 2.87. The van der Waals surface area contributed by atoms with Gasteiger partial charge in [0.05, 0.1) is 11.1 Å². The van der Waals surface area contributed by atoms with E-state index in [1.165, 1.54) is 23.9 Å². The number of nitrogens with zero attached hydrogens (tertiary/aromatic N) is 1. The molecule has 0 bridgehead atoms. The molecule has 0 saturated heterocycles. The summed E-state index contributed by atoms with van der Waals surface area (Å²) in [6.07, 6.45) is 0. The molecule has 2 aromatic carbocycles. The normalized spacial score (nSPS) is 10.7. The molecular formula is C16H10FNO2S. The maximum absolute atomic E-state index is 12.9. The summed E-state index contributed by atoms with van der Waals surface area (Å²) >= 11 is 1.40. The summed E-state index contributed by atoms with van der Waals surface area (Å²) < 4.78 is 12.9. The number of halogens is 1. The Bertz CT molecular complexity index is 818. The Labute approximate surface area is 124 Å². The summed E-state index contributed by atoms with van der Waals surface area (Å²) in [5, 5.41) is 10.5. The van der Waals surface area contributed by atoms with Crippen LogP contribution in [-0.4, -0.2) is 16.1 Å². The van der Waals surface area contributed by atoms with Crippen LogP contribution in [-0.2, 0) is 0 Å². The molecule has 0 saturated carbocycles. The van der Waals surface area contributed by atoms with Gasteiger partial charge in [-0.2, -0.15) is 0 Å². The first-order chi connectivity index (χ1) is 10.1. The summed E-state index contributed by atoms with van der Waals surface area (Å²) in [6, 6.07) is 14.7.